The van der Waals surface area contributed by atoms with E-state index >= 15 is 0 Å². The van der Waals surface area contributed by atoms with Gasteiger partial charge < -0.3 is 10.1 Å². The number of anilines is 1. The van der Waals surface area contributed by atoms with Crippen molar-refractivity contribution >= 4 is 34.1 Å². The van der Waals surface area contributed by atoms with Gasteiger partial charge in [0, 0.05) is 28.5 Å². The first-order valence-corrected chi connectivity index (χ1v) is 11.9. The molecule has 1 amide bonds. The maximum Gasteiger partial charge on any atom is 0.232 e. The lowest BCUT2D eigenvalue weighted by Gasteiger charge is -2.16. The molecule has 1 N–H and O–H groups in total. The van der Waals surface area contributed by atoms with E-state index in [-0.39, 0.29) is 12.3 Å². The first-order chi connectivity index (χ1) is 13.6. The average Bonchev–Trinajstić information content (AvgIpc) is 3.39. The van der Waals surface area contributed by atoms with Gasteiger partial charge in [0.2, 0.25) is 5.91 Å². The summed E-state index contributed by atoms with van der Waals surface area (Å²) in [6.07, 6.45) is 12.1. The van der Waals surface area contributed by atoms with Crippen LogP contribution in [0.15, 0.2) is 23.4 Å². The van der Waals surface area contributed by atoms with Gasteiger partial charge in [0.1, 0.15) is 10.8 Å². The number of hydrogen-bond donors (Lipinski definition) is 1. The molecule has 2 saturated carbocycles. The van der Waals surface area contributed by atoms with Crippen molar-refractivity contribution in [2.24, 2.45) is 0 Å². The van der Waals surface area contributed by atoms with Crippen LogP contribution in [0.4, 0.5) is 5.13 Å². The van der Waals surface area contributed by atoms with Crippen LogP contribution in [0.5, 0.6) is 5.75 Å². The van der Waals surface area contributed by atoms with Crippen LogP contribution < -0.4 is 10.1 Å². The molecule has 0 radical (unpaired) electrons. The summed E-state index contributed by atoms with van der Waals surface area (Å²) < 4.78 is 6.23. The van der Waals surface area contributed by atoms with Crippen molar-refractivity contribution in [3.8, 4) is 5.75 Å². The topological polar surface area (TPSA) is 64.1 Å². The van der Waals surface area contributed by atoms with Crippen molar-refractivity contribution in [3.05, 3.63) is 28.9 Å². The van der Waals surface area contributed by atoms with Gasteiger partial charge in [0.05, 0.1) is 18.2 Å². The number of aromatic nitrogens is 2. The number of ether oxygens (including phenoxy) is 1. The van der Waals surface area contributed by atoms with E-state index in [1.807, 2.05) is 24.8 Å². The van der Waals surface area contributed by atoms with Gasteiger partial charge >= 0.3 is 0 Å². The highest BCUT2D eigenvalue weighted by atomic mass is 32.2. The number of amides is 1. The molecule has 7 heteroatoms. The van der Waals surface area contributed by atoms with E-state index in [1.54, 1.807) is 6.20 Å². The van der Waals surface area contributed by atoms with Crippen molar-refractivity contribution < 1.29 is 9.53 Å². The molecule has 2 fully saturated rings. The zero-order valence-corrected chi connectivity index (χ0v) is 17.9. The number of thiazole rings is 1. The molecule has 0 unspecified atom stereocenters. The molecule has 0 aliphatic heterocycles. The maximum atomic E-state index is 12.5. The van der Waals surface area contributed by atoms with Gasteiger partial charge in [-0.25, -0.2) is 9.97 Å². The quantitative estimate of drug-likeness (QED) is 0.655. The SMILES string of the molecule is Cc1cnc(NC(=O)Cc2cc(OC3CCCC3)cc(SC3CCCC3)n2)s1. The minimum atomic E-state index is -0.0864. The highest BCUT2D eigenvalue weighted by Gasteiger charge is 2.20. The Kier molecular flexibility index (Phi) is 6.52. The monoisotopic (exact) mass is 417 g/mol. The Balaban J connectivity index is 1.47. The number of nitrogens with one attached hydrogen (secondary N) is 1. The molecule has 0 aromatic carbocycles. The highest BCUT2D eigenvalue weighted by Crippen LogP contribution is 2.36. The second-order valence-electron chi connectivity index (χ2n) is 7.68. The van der Waals surface area contributed by atoms with Gasteiger partial charge in [-0.1, -0.05) is 12.8 Å². The minimum absolute atomic E-state index is 0.0864. The molecule has 5 nitrogen and oxygen atoms in total. The van der Waals surface area contributed by atoms with Crippen LogP contribution in [0.2, 0.25) is 0 Å². The Hall–Kier alpha value is -1.60. The third kappa shape index (κ3) is 5.47. The fourth-order valence-electron chi connectivity index (χ4n) is 3.87. The normalized spacial score (nSPS) is 17.9. The third-order valence-electron chi connectivity index (χ3n) is 5.23. The third-order valence-corrected chi connectivity index (χ3v) is 7.32. The van der Waals surface area contributed by atoms with Crippen molar-refractivity contribution in [2.45, 2.75) is 81.1 Å². The van der Waals surface area contributed by atoms with Crippen LogP contribution in [0, 0.1) is 6.92 Å². The summed E-state index contributed by atoms with van der Waals surface area (Å²) in [5, 5.41) is 5.13. The molecule has 0 bridgehead atoms. The molecule has 2 aromatic rings. The summed E-state index contributed by atoms with van der Waals surface area (Å²) in [5.74, 6) is 0.770. The first-order valence-electron chi connectivity index (χ1n) is 10.2. The Morgan fingerprint density at radius 2 is 1.96 bits per heavy atom. The van der Waals surface area contributed by atoms with Crippen LogP contribution in [-0.4, -0.2) is 27.2 Å². The lowest BCUT2D eigenvalue weighted by Crippen LogP contribution is -2.16. The van der Waals surface area contributed by atoms with E-state index in [4.69, 9.17) is 9.72 Å². The summed E-state index contributed by atoms with van der Waals surface area (Å²) in [6, 6.07) is 4.00. The number of carbonyl (C=O) groups excluding carboxylic acids is 1. The summed E-state index contributed by atoms with van der Waals surface area (Å²) in [7, 11) is 0. The van der Waals surface area contributed by atoms with Crippen LogP contribution >= 0.6 is 23.1 Å². The standard InChI is InChI=1S/C21H27N3O2S2/c1-14-13-22-21(27-14)24-19(25)11-15-10-17(26-16-6-2-3-7-16)12-20(23-15)28-18-8-4-5-9-18/h10,12-13,16,18H,2-9,11H2,1H3,(H,22,24,25). The predicted molar refractivity (Wildman–Crippen MR) is 114 cm³/mol. The number of rotatable bonds is 7. The second-order valence-corrected chi connectivity index (χ2v) is 10.2. The summed E-state index contributed by atoms with van der Waals surface area (Å²) in [6.45, 7) is 1.98. The number of pyridine rings is 1. The number of aryl methyl sites for hydroxylation is 1. The molecule has 2 heterocycles. The molecule has 0 atom stereocenters. The lowest BCUT2D eigenvalue weighted by atomic mass is 10.2. The molecule has 150 valence electrons. The van der Waals surface area contributed by atoms with Crippen LogP contribution in [0.25, 0.3) is 0 Å². The van der Waals surface area contributed by atoms with E-state index in [2.05, 4.69) is 16.4 Å². The van der Waals surface area contributed by atoms with E-state index < -0.39 is 0 Å². The van der Waals surface area contributed by atoms with E-state index in [9.17, 15) is 4.79 Å². The number of nitrogens with zero attached hydrogens (tertiary/aromatic N) is 2. The van der Waals surface area contributed by atoms with Gasteiger partial charge in [-0.2, -0.15) is 0 Å². The molecule has 28 heavy (non-hydrogen) atoms. The molecule has 0 saturated heterocycles. The van der Waals surface area contributed by atoms with Gasteiger partial charge in [-0.3, -0.25) is 4.79 Å². The highest BCUT2D eigenvalue weighted by molar-refractivity contribution is 7.99. The van der Waals surface area contributed by atoms with Crippen molar-refractivity contribution in [2.75, 3.05) is 5.32 Å². The molecule has 2 aliphatic carbocycles. The summed E-state index contributed by atoms with van der Waals surface area (Å²) in [5.41, 5.74) is 0.766. The zero-order valence-electron chi connectivity index (χ0n) is 16.3. The van der Waals surface area contributed by atoms with Crippen LogP contribution in [0.1, 0.15) is 61.9 Å². The molecule has 2 aliphatic rings. The molecule has 2 aromatic heterocycles. The second kappa shape index (κ2) is 9.27. The number of thioether (sulfide) groups is 1. The van der Waals surface area contributed by atoms with Gasteiger partial charge in [0.25, 0.3) is 0 Å². The smallest absolute Gasteiger partial charge is 0.232 e. The van der Waals surface area contributed by atoms with E-state index in [0.717, 1.165) is 34.2 Å². The summed E-state index contributed by atoms with van der Waals surface area (Å²) >= 11 is 3.32. The Labute approximate surface area is 174 Å². The number of carbonyl (C=O) groups is 1. The Morgan fingerprint density at radius 1 is 1.21 bits per heavy atom. The van der Waals surface area contributed by atoms with Crippen molar-refractivity contribution in [1.82, 2.24) is 9.97 Å². The van der Waals surface area contributed by atoms with Gasteiger partial charge in [-0.05, 0) is 45.4 Å². The fourth-order valence-corrected chi connectivity index (χ4v) is 5.81. The first kappa shape index (κ1) is 19.7. The number of hydrogen-bond acceptors (Lipinski definition) is 6. The van der Waals surface area contributed by atoms with Gasteiger partial charge in [0.15, 0.2) is 5.13 Å². The maximum absolute atomic E-state index is 12.5. The van der Waals surface area contributed by atoms with Crippen molar-refractivity contribution in [1.29, 1.82) is 0 Å². The average molecular weight is 418 g/mol. The lowest BCUT2D eigenvalue weighted by molar-refractivity contribution is -0.115. The Morgan fingerprint density at radius 3 is 2.68 bits per heavy atom. The van der Waals surface area contributed by atoms with Crippen LogP contribution in [0.3, 0.4) is 0 Å². The molecule has 0 spiro atoms. The predicted octanol–water partition coefficient (Wildman–Crippen LogP) is 5.38. The van der Waals surface area contributed by atoms with E-state index in [0.29, 0.717) is 16.5 Å². The fraction of sp³-hybridized carbons (Fsp3) is 0.571. The molecular formula is C21H27N3O2S2. The molecule has 4 rings (SSSR count). The van der Waals surface area contributed by atoms with Crippen molar-refractivity contribution in [3.63, 3.8) is 0 Å². The minimum Gasteiger partial charge on any atom is -0.490 e. The largest absolute Gasteiger partial charge is 0.490 e. The summed E-state index contributed by atoms with van der Waals surface area (Å²) in [4.78, 5) is 22.5. The Bertz CT molecular complexity index is 775. The van der Waals surface area contributed by atoms with Gasteiger partial charge in [-0.15, -0.1) is 23.1 Å². The zero-order chi connectivity index (χ0) is 19.3. The van der Waals surface area contributed by atoms with E-state index in [1.165, 1.54) is 49.9 Å². The molecular weight excluding hydrogens is 390 g/mol. The van der Waals surface area contributed by atoms with Crippen LogP contribution in [-0.2, 0) is 11.2 Å².